The summed E-state index contributed by atoms with van der Waals surface area (Å²) in [6.45, 7) is 8.56. The van der Waals surface area contributed by atoms with Crippen molar-refractivity contribution in [1.29, 1.82) is 5.26 Å². The predicted molar refractivity (Wildman–Crippen MR) is 121 cm³/mol. The van der Waals surface area contributed by atoms with Gasteiger partial charge in [0.25, 0.3) is 5.91 Å². The number of ether oxygens (including phenoxy) is 1. The van der Waals surface area contributed by atoms with Crippen molar-refractivity contribution in [3.8, 4) is 11.8 Å². The Labute approximate surface area is 183 Å². The van der Waals surface area contributed by atoms with Crippen molar-refractivity contribution >= 4 is 16.8 Å². The van der Waals surface area contributed by atoms with Gasteiger partial charge in [-0.3, -0.25) is 4.79 Å². The van der Waals surface area contributed by atoms with Gasteiger partial charge in [0, 0.05) is 36.0 Å². The zero-order valence-electron chi connectivity index (χ0n) is 18.5. The number of fused-ring (bicyclic) bond motifs is 1. The molecule has 0 saturated carbocycles. The van der Waals surface area contributed by atoms with Gasteiger partial charge in [-0.1, -0.05) is 26.0 Å². The minimum atomic E-state index is -0.414. The summed E-state index contributed by atoms with van der Waals surface area (Å²) in [5, 5.41) is 22.5. The first-order chi connectivity index (χ1) is 14.7. The van der Waals surface area contributed by atoms with Gasteiger partial charge in [0.15, 0.2) is 0 Å². The van der Waals surface area contributed by atoms with Crippen LogP contribution in [0.25, 0.3) is 10.9 Å². The minimum absolute atomic E-state index is 0.0234. The number of nitrogens with zero attached hydrogens (tertiary/aromatic N) is 2. The molecule has 3 aromatic rings. The van der Waals surface area contributed by atoms with Crippen LogP contribution in [0.1, 0.15) is 49.3 Å². The molecule has 6 nitrogen and oxygen atoms in total. The smallest absolute Gasteiger partial charge is 0.267 e. The Kier molecular flexibility index (Phi) is 6.67. The average molecular weight is 420 g/mol. The fraction of sp³-hybridized carbons (Fsp3) is 0.360. The Balaban J connectivity index is 1.99. The van der Waals surface area contributed by atoms with Crippen molar-refractivity contribution in [3.63, 3.8) is 0 Å². The van der Waals surface area contributed by atoms with Gasteiger partial charge in [0.05, 0.1) is 17.7 Å². The molecule has 1 heterocycles. The van der Waals surface area contributed by atoms with Crippen LogP contribution in [0.4, 0.5) is 0 Å². The topological polar surface area (TPSA) is 87.3 Å². The molecular formula is C25H29N3O3. The number of benzene rings is 2. The van der Waals surface area contributed by atoms with Crippen LogP contribution in [0, 0.1) is 16.7 Å². The van der Waals surface area contributed by atoms with Gasteiger partial charge in [-0.2, -0.15) is 5.26 Å². The van der Waals surface area contributed by atoms with Crippen molar-refractivity contribution in [2.24, 2.45) is 5.41 Å². The lowest BCUT2D eigenvalue weighted by Crippen LogP contribution is -2.36. The van der Waals surface area contributed by atoms with E-state index in [4.69, 9.17) is 4.74 Å². The Bertz CT molecular complexity index is 1120. The lowest BCUT2D eigenvalue weighted by atomic mass is 9.95. The second-order valence-electron chi connectivity index (χ2n) is 8.82. The molecule has 6 heteroatoms. The van der Waals surface area contributed by atoms with Crippen LogP contribution in [0.2, 0.25) is 0 Å². The Hall–Kier alpha value is -3.30. The summed E-state index contributed by atoms with van der Waals surface area (Å²) < 4.78 is 7.76. The zero-order valence-corrected chi connectivity index (χ0v) is 18.5. The number of rotatable bonds is 8. The first-order valence-corrected chi connectivity index (χ1v) is 10.4. The fourth-order valence-corrected chi connectivity index (χ4v) is 3.34. The van der Waals surface area contributed by atoms with Crippen molar-refractivity contribution < 1.29 is 14.6 Å². The quantitative estimate of drug-likeness (QED) is 0.576. The highest BCUT2D eigenvalue weighted by Gasteiger charge is 2.21. The lowest BCUT2D eigenvalue weighted by molar-refractivity contribution is 0.0903. The SMILES string of the molecule is CC(C)Oc1cccc(Cn2c(C(=O)NCC(C)(C)CO)cc3cc(C#N)ccc32)c1. The van der Waals surface area contributed by atoms with Gasteiger partial charge >= 0.3 is 0 Å². The van der Waals surface area contributed by atoms with E-state index in [-0.39, 0.29) is 18.6 Å². The van der Waals surface area contributed by atoms with Crippen LogP contribution in [0.3, 0.4) is 0 Å². The number of carbonyl (C=O) groups excluding carboxylic acids is 1. The molecule has 1 aromatic heterocycles. The number of nitrogens with one attached hydrogen (secondary N) is 1. The monoisotopic (exact) mass is 419 g/mol. The summed E-state index contributed by atoms with van der Waals surface area (Å²) in [5.74, 6) is 0.567. The predicted octanol–water partition coefficient (Wildman–Crippen LogP) is 4.10. The largest absolute Gasteiger partial charge is 0.491 e. The van der Waals surface area contributed by atoms with Crippen molar-refractivity contribution in [3.05, 3.63) is 65.4 Å². The average Bonchev–Trinajstić information content (AvgIpc) is 3.09. The first kappa shape index (κ1) is 22.4. The van der Waals surface area contributed by atoms with E-state index in [1.807, 2.05) is 68.7 Å². The second-order valence-corrected chi connectivity index (χ2v) is 8.82. The highest BCUT2D eigenvalue weighted by atomic mass is 16.5. The second kappa shape index (κ2) is 9.23. The van der Waals surface area contributed by atoms with E-state index in [9.17, 15) is 15.2 Å². The zero-order chi connectivity index (χ0) is 22.6. The molecule has 1 amide bonds. The van der Waals surface area contributed by atoms with Crippen molar-refractivity contribution in [2.45, 2.75) is 40.3 Å². The van der Waals surface area contributed by atoms with E-state index in [2.05, 4.69) is 11.4 Å². The molecule has 162 valence electrons. The molecule has 0 fully saturated rings. The molecule has 0 radical (unpaired) electrons. The third kappa shape index (κ3) is 5.44. The Morgan fingerprint density at radius 3 is 2.68 bits per heavy atom. The summed E-state index contributed by atoms with van der Waals surface area (Å²) in [7, 11) is 0. The highest BCUT2D eigenvalue weighted by Crippen LogP contribution is 2.24. The molecule has 0 atom stereocenters. The summed E-state index contributed by atoms with van der Waals surface area (Å²) in [6, 6.07) is 17.2. The number of aliphatic hydroxyl groups excluding tert-OH is 1. The van der Waals surface area contributed by atoms with Crippen LogP contribution in [0.5, 0.6) is 5.75 Å². The maximum absolute atomic E-state index is 13.1. The first-order valence-electron chi connectivity index (χ1n) is 10.4. The van der Waals surface area contributed by atoms with Gasteiger partial charge in [-0.05, 0) is 55.8 Å². The molecule has 3 rings (SSSR count). The molecule has 0 aliphatic rings. The number of amides is 1. The number of nitriles is 1. The maximum atomic E-state index is 13.1. The molecule has 0 bridgehead atoms. The van der Waals surface area contributed by atoms with Gasteiger partial charge < -0.3 is 19.7 Å². The van der Waals surface area contributed by atoms with E-state index in [1.54, 1.807) is 12.1 Å². The Morgan fingerprint density at radius 1 is 1.23 bits per heavy atom. The molecule has 0 saturated heterocycles. The standard InChI is InChI=1S/C25H29N3O3/c1-17(2)31-21-7-5-6-19(11-21)14-28-22-9-8-18(13-26)10-20(22)12-23(28)24(30)27-15-25(3,4)16-29/h5-12,17,29H,14-16H2,1-4H3,(H,27,30). The van der Waals surface area contributed by atoms with Crippen LogP contribution in [0.15, 0.2) is 48.5 Å². The summed E-state index contributed by atoms with van der Waals surface area (Å²) in [5.41, 5.74) is 2.52. The number of aliphatic hydroxyl groups is 1. The van der Waals surface area contributed by atoms with Gasteiger partial charge in [0.2, 0.25) is 0 Å². The number of hydrogen-bond acceptors (Lipinski definition) is 4. The normalized spacial score (nSPS) is 11.5. The van der Waals surface area contributed by atoms with Crippen LogP contribution < -0.4 is 10.1 Å². The highest BCUT2D eigenvalue weighted by molar-refractivity contribution is 5.99. The molecule has 2 N–H and O–H groups in total. The molecule has 0 aliphatic heterocycles. The molecule has 0 aliphatic carbocycles. The molecule has 2 aromatic carbocycles. The number of carbonyl (C=O) groups is 1. The van der Waals surface area contributed by atoms with Gasteiger partial charge in [-0.15, -0.1) is 0 Å². The van der Waals surface area contributed by atoms with Crippen molar-refractivity contribution in [1.82, 2.24) is 9.88 Å². The lowest BCUT2D eigenvalue weighted by Gasteiger charge is -2.22. The fourth-order valence-electron chi connectivity index (χ4n) is 3.34. The summed E-state index contributed by atoms with van der Waals surface area (Å²) >= 11 is 0. The number of aromatic nitrogens is 1. The van der Waals surface area contributed by atoms with Crippen LogP contribution in [-0.4, -0.2) is 34.8 Å². The van der Waals surface area contributed by atoms with E-state index in [0.717, 1.165) is 22.2 Å². The molecule has 31 heavy (non-hydrogen) atoms. The van der Waals surface area contributed by atoms with E-state index < -0.39 is 5.41 Å². The third-order valence-electron chi connectivity index (χ3n) is 5.03. The summed E-state index contributed by atoms with van der Waals surface area (Å²) in [6.07, 6.45) is 0.0725. The summed E-state index contributed by atoms with van der Waals surface area (Å²) in [4.78, 5) is 13.1. The maximum Gasteiger partial charge on any atom is 0.267 e. The van der Waals surface area contributed by atoms with E-state index in [1.165, 1.54) is 0 Å². The van der Waals surface area contributed by atoms with E-state index in [0.29, 0.717) is 24.3 Å². The number of hydrogen-bond donors (Lipinski definition) is 2. The molecule has 0 unspecified atom stereocenters. The third-order valence-corrected chi connectivity index (χ3v) is 5.03. The Morgan fingerprint density at radius 2 is 2.00 bits per heavy atom. The molecule has 0 spiro atoms. The van der Waals surface area contributed by atoms with Crippen molar-refractivity contribution in [2.75, 3.05) is 13.2 Å². The van der Waals surface area contributed by atoms with Crippen LogP contribution in [-0.2, 0) is 6.54 Å². The molecular weight excluding hydrogens is 390 g/mol. The van der Waals surface area contributed by atoms with E-state index >= 15 is 0 Å². The minimum Gasteiger partial charge on any atom is -0.491 e. The van der Waals surface area contributed by atoms with Gasteiger partial charge in [-0.25, -0.2) is 0 Å². The van der Waals surface area contributed by atoms with Crippen LogP contribution >= 0.6 is 0 Å². The van der Waals surface area contributed by atoms with Gasteiger partial charge in [0.1, 0.15) is 11.4 Å².